The molecule has 1 fully saturated rings. The quantitative estimate of drug-likeness (QED) is 0.419. The van der Waals surface area contributed by atoms with Crippen LogP contribution in [0.3, 0.4) is 0 Å². The van der Waals surface area contributed by atoms with E-state index in [1.165, 1.54) is 23.9 Å². The molecule has 8 nitrogen and oxygen atoms in total. The molecule has 0 spiro atoms. The van der Waals surface area contributed by atoms with Gasteiger partial charge in [0.2, 0.25) is 0 Å². The molecule has 1 saturated heterocycles. The van der Waals surface area contributed by atoms with Gasteiger partial charge >= 0.3 is 6.09 Å². The van der Waals surface area contributed by atoms with Gasteiger partial charge in [-0.05, 0) is 44.2 Å². The van der Waals surface area contributed by atoms with Crippen molar-refractivity contribution in [2.45, 2.75) is 31.7 Å². The Kier molecular flexibility index (Phi) is 6.05. The van der Waals surface area contributed by atoms with E-state index in [1.54, 1.807) is 26.0 Å². The van der Waals surface area contributed by atoms with Gasteiger partial charge in [-0.2, -0.15) is 0 Å². The zero-order chi connectivity index (χ0) is 19.4. The van der Waals surface area contributed by atoms with Crippen LogP contribution in [-0.2, 0) is 9.53 Å². The second-order valence-electron chi connectivity index (χ2n) is 6.70. The fourth-order valence-electron chi connectivity index (χ4n) is 2.88. The molecule has 0 bridgehead atoms. The Morgan fingerprint density at radius 3 is 2.89 bits per heavy atom. The first-order valence-corrected chi connectivity index (χ1v) is 10.5. The van der Waals surface area contributed by atoms with Gasteiger partial charge in [0.1, 0.15) is 6.29 Å². The molecule has 146 valence electrons. The molecular weight excluding hydrogens is 388 g/mol. The third-order valence-corrected chi connectivity index (χ3v) is 6.38. The number of alkyl carbamates (subject to hydrolysis) is 1. The molecule has 3 rings (SSSR count). The van der Waals surface area contributed by atoms with Gasteiger partial charge in [-0.15, -0.1) is 11.8 Å². The van der Waals surface area contributed by atoms with Crippen molar-refractivity contribution >= 4 is 53.6 Å². The lowest BCUT2D eigenvalue weighted by atomic mass is 9.86. The molecule has 10 heteroatoms. The molecule has 1 aromatic rings. The first-order valence-electron chi connectivity index (χ1n) is 8.59. The fraction of sp³-hybridized carbons (Fsp3) is 0.471. The van der Waals surface area contributed by atoms with E-state index in [1.807, 2.05) is 6.07 Å². The second kappa shape index (κ2) is 8.30. The van der Waals surface area contributed by atoms with Crippen molar-refractivity contribution < 1.29 is 19.1 Å². The Morgan fingerprint density at radius 1 is 1.37 bits per heavy atom. The molecule has 2 amide bonds. The summed E-state index contributed by atoms with van der Waals surface area (Å²) in [6, 6.07) is 5.32. The van der Waals surface area contributed by atoms with E-state index >= 15 is 0 Å². The lowest BCUT2D eigenvalue weighted by Crippen LogP contribution is -2.50. The van der Waals surface area contributed by atoms with Crippen LogP contribution in [0.25, 0.3) is 0 Å². The zero-order valence-electron chi connectivity index (χ0n) is 15.0. The molecule has 0 saturated carbocycles. The average molecular weight is 411 g/mol. The smallest absolute Gasteiger partial charge is 0.407 e. The maximum Gasteiger partial charge on any atom is 0.407 e. The summed E-state index contributed by atoms with van der Waals surface area (Å²) in [5.41, 5.74) is 1.40. The predicted octanol–water partition coefficient (Wildman–Crippen LogP) is 2.60. The van der Waals surface area contributed by atoms with Crippen LogP contribution in [0, 0.1) is 5.41 Å². The molecule has 0 aliphatic carbocycles. The van der Waals surface area contributed by atoms with E-state index in [2.05, 4.69) is 20.1 Å². The highest BCUT2D eigenvalue weighted by Crippen LogP contribution is 2.40. The number of hydrogen-bond donors (Lipinski definition) is 4. The van der Waals surface area contributed by atoms with Gasteiger partial charge in [0.25, 0.3) is 5.91 Å². The standard InChI is InChI=1S/C17H22N4O4S2/c1-10(2)25-16(24)18-8-17(9-22)5-6-26-15(17)19-14(23)11-3-4-12-13(7-11)21-27-20-12/h3-4,7,9-10,15,20-21H,5-6,8H2,1-2H3,(H,18,24)(H,19,23). The highest BCUT2D eigenvalue weighted by Gasteiger charge is 2.45. The van der Waals surface area contributed by atoms with Crippen molar-refractivity contribution in [3.63, 3.8) is 0 Å². The maximum absolute atomic E-state index is 12.7. The number of carbonyl (C=O) groups is 3. The number of amides is 2. The van der Waals surface area contributed by atoms with Crippen LogP contribution in [0.4, 0.5) is 16.2 Å². The van der Waals surface area contributed by atoms with Crippen LogP contribution in [0.15, 0.2) is 18.2 Å². The number of aldehydes is 1. The molecule has 4 N–H and O–H groups in total. The van der Waals surface area contributed by atoms with Crippen LogP contribution in [0.2, 0.25) is 0 Å². The normalized spacial score (nSPS) is 23.1. The molecule has 1 aromatic carbocycles. The summed E-state index contributed by atoms with van der Waals surface area (Å²) in [6.07, 6.45) is 0.591. The number of fused-ring (bicyclic) bond motifs is 1. The molecule has 2 heterocycles. The van der Waals surface area contributed by atoms with Crippen molar-refractivity contribution in [2.75, 3.05) is 21.7 Å². The maximum atomic E-state index is 12.7. The van der Waals surface area contributed by atoms with E-state index in [9.17, 15) is 14.4 Å². The number of benzene rings is 1. The summed E-state index contributed by atoms with van der Waals surface area (Å²) in [6.45, 7) is 3.62. The number of nitrogens with one attached hydrogen (secondary N) is 4. The van der Waals surface area contributed by atoms with Gasteiger partial charge in [0.05, 0.1) is 40.4 Å². The Balaban J connectivity index is 1.66. The van der Waals surface area contributed by atoms with Gasteiger partial charge in [0, 0.05) is 12.1 Å². The van der Waals surface area contributed by atoms with E-state index in [-0.39, 0.29) is 18.6 Å². The van der Waals surface area contributed by atoms with E-state index < -0.39 is 16.9 Å². The Hall–Kier alpha value is -2.07. The highest BCUT2D eigenvalue weighted by atomic mass is 32.2. The van der Waals surface area contributed by atoms with Crippen LogP contribution >= 0.6 is 23.9 Å². The van der Waals surface area contributed by atoms with Gasteiger partial charge in [-0.25, -0.2) is 4.79 Å². The molecular formula is C17H22N4O4S2. The number of thioether (sulfide) groups is 1. The first-order chi connectivity index (χ1) is 12.9. The van der Waals surface area contributed by atoms with Crippen LogP contribution in [0.5, 0.6) is 0 Å². The SMILES string of the molecule is CC(C)OC(=O)NCC1(C=O)CCSC1NC(=O)c1ccc2c(c1)NSN2. The van der Waals surface area contributed by atoms with Gasteiger partial charge in [0.15, 0.2) is 0 Å². The number of hydrogen-bond acceptors (Lipinski definition) is 8. The van der Waals surface area contributed by atoms with Crippen molar-refractivity contribution in [1.29, 1.82) is 0 Å². The van der Waals surface area contributed by atoms with Crippen molar-refractivity contribution in [3.8, 4) is 0 Å². The molecule has 2 aliphatic rings. The third-order valence-electron chi connectivity index (χ3n) is 4.38. The summed E-state index contributed by atoms with van der Waals surface area (Å²) >= 11 is 2.84. The molecule has 2 unspecified atom stereocenters. The largest absolute Gasteiger partial charge is 0.447 e. The van der Waals surface area contributed by atoms with Crippen molar-refractivity contribution in [2.24, 2.45) is 5.41 Å². The second-order valence-corrected chi connectivity index (χ2v) is 8.52. The van der Waals surface area contributed by atoms with Gasteiger partial charge in [-0.1, -0.05) is 0 Å². The zero-order valence-corrected chi connectivity index (χ0v) is 16.7. The van der Waals surface area contributed by atoms with E-state index in [0.717, 1.165) is 23.4 Å². The van der Waals surface area contributed by atoms with Crippen molar-refractivity contribution in [3.05, 3.63) is 23.8 Å². The van der Waals surface area contributed by atoms with Crippen LogP contribution in [-0.4, -0.2) is 42.1 Å². The van der Waals surface area contributed by atoms with Gasteiger partial charge < -0.3 is 29.6 Å². The van der Waals surface area contributed by atoms with Crippen LogP contribution < -0.4 is 20.1 Å². The predicted molar refractivity (Wildman–Crippen MR) is 108 cm³/mol. The Labute approximate surface area is 166 Å². The highest BCUT2D eigenvalue weighted by molar-refractivity contribution is 8.02. The average Bonchev–Trinajstić information content (AvgIpc) is 3.26. The van der Waals surface area contributed by atoms with E-state index in [0.29, 0.717) is 12.0 Å². The summed E-state index contributed by atoms with van der Waals surface area (Å²) in [5, 5.41) is 5.16. The molecule has 0 radical (unpaired) electrons. The number of ether oxygens (including phenoxy) is 1. The minimum Gasteiger partial charge on any atom is -0.447 e. The first kappa shape index (κ1) is 19.7. The Bertz CT molecular complexity index is 746. The Morgan fingerprint density at radius 2 is 2.15 bits per heavy atom. The third kappa shape index (κ3) is 4.44. The molecule has 2 aliphatic heterocycles. The summed E-state index contributed by atoms with van der Waals surface area (Å²) in [7, 11) is 0. The monoisotopic (exact) mass is 410 g/mol. The van der Waals surface area contributed by atoms with E-state index in [4.69, 9.17) is 4.74 Å². The van der Waals surface area contributed by atoms with Crippen molar-refractivity contribution in [1.82, 2.24) is 10.6 Å². The number of rotatable bonds is 6. The minimum atomic E-state index is -0.858. The number of anilines is 2. The molecule has 27 heavy (non-hydrogen) atoms. The lowest BCUT2D eigenvalue weighted by molar-refractivity contribution is -0.116. The van der Waals surface area contributed by atoms with Crippen LogP contribution in [0.1, 0.15) is 30.6 Å². The molecule has 0 aromatic heterocycles. The summed E-state index contributed by atoms with van der Waals surface area (Å²) in [5.74, 6) is 0.462. The molecule has 2 atom stereocenters. The summed E-state index contributed by atoms with van der Waals surface area (Å²) < 4.78 is 11.2. The number of carbonyl (C=O) groups excluding carboxylic acids is 3. The minimum absolute atomic E-state index is 0.117. The lowest BCUT2D eigenvalue weighted by Gasteiger charge is -2.30. The van der Waals surface area contributed by atoms with Gasteiger partial charge in [-0.3, -0.25) is 4.79 Å². The fourth-order valence-corrected chi connectivity index (χ4v) is 5.01. The summed E-state index contributed by atoms with van der Waals surface area (Å²) in [4.78, 5) is 36.3. The topological polar surface area (TPSA) is 109 Å².